The molecule has 9 nitrogen and oxygen atoms in total. The highest BCUT2D eigenvalue weighted by molar-refractivity contribution is 6.04. The van der Waals surface area contributed by atoms with Crippen LogP contribution in [0.1, 0.15) is 15.9 Å². The van der Waals surface area contributed by atoms with Crippen molar-refractivity contribution < 1.29 is 23.5 Å². The molecule has 36 heavy (non-hydrogen) atoms. The molecule has 0 spiro atoms. The lowest BCUT2D eigenvalue weighted by Gasteiger charge is -2.10. The largest absolute Gasteiger partial charge is 0.452 e. The van der Waals surface area contributed by atoms with Gasteiger partial charge in [0.25, 0.3) is 5.91 Å². The number of fused-ring (bicyclic) bond motifs is 1. The second-order valence-electron chi connectivity index (χ2n) is 7.71. The molecule has 0 unspecified atom stereocenters. The van der Waals surface area contributed by atoms with Crippen molar-refractivity contribution in [2.24, 2.45) is 0 Å². The summed E-state index contributed by atoms with van der Waals surface area (Å²) in [6, 6.07) is 16.2. The number of nitrogens with one attached hydrogen (secondary N) is 2. The van der Waals surface area contributed by atoms with E-state index in [9.17, 15) is 18.8 Å². The van der Waals surface area contributed by atoms with Gasteiger partial charge in [0.05, 0.1) is 29.4 Å². The minimum absolute atomic E-state index is 0.147. The molecule has 0 atom stereocenters. The maximum absolute atomic E-state index is 13.7. The van der Waals surface area contributed by atoms with Gasteiger partial charge < -0.3 is 10.1 Å². The summed E-state index contributed by atoms with van der Waals surface area (Å²) in [6.07, 6.45) is 2.92. The van der Waals surface area contributed by atoms with Gasteiger partial charge in [0.1, 0.15) is 5.82 Å². The number of carbonyl (C=O) groups excluding carboxylic acids is 3. The highest BCUT2D eigenvalue weighted by Crippen LogP contribution is 2.26. The lowest BCUT2D eigenvalue weighted by Crippen LogP contribution is -2.41. The highest BCUT2D eigenvalue weighted by Gasteiger charge is 2.20. The fraction of sp³-hybridized carbons (Fsp3) is 0.115. The molecule has 0 aliphatic carbocycles. The number of urea groups is 1. The van der Waals surface area contributed by atoms with Gasteiger partial charge in [-0.25, -0.2) is 23.6 Å². The van der Waals surface area contributed by atoms with Crippen molar-refractivity contribution in [2.45, 2.75) is 6.54 Å². The standard InChI is InChI=1S/C26H22FN5O4/c1-2-11-28-26(35)31-23(33)16-36-25(34)20-13-22(18-8-4-3-5-9-18)30-24-21(20)14-29-32(24)15-17-7-6-10-19(27)12-17/h2-10,12-14H,1,11,15-16H2,(H2,28,31,33,35). The molecule has 2 heterocycles. The van der Waals surface area contributed by atoms with Crippen LogP contribution in [0, 0.1) is 5.82 Å². The van der Waals surface area contributed by atoms with E-state index in [0.717, 1.165) is 5.56 Å². The molecule has 10 heteroatoms. The Balaban J connectivity index is 1.63. The van der Waals surface area contributed by atoms with Gasteiger partial charge in [0.2, 0.25) is 0 Å². The van der Waals surface area contributed by atoms with Crippen LogP contribution < -0.4 is 10.6 Å². The van der Waals surface area contributed by atoms with Gasteiger partial charge in [-0.3, -0.25) is 10.1 Å². The summed E-state index contributed by atoms with van der Waals surface area (Å²) in [5, 5.41) is 9.19. The molecule has 0 saturated carbocycles. The van der Waals surface area contributed by atoms with Crippen LogP contribution in [0.5, 0.6) is 0 Å². The summed E-state index contributed by atoms with van der Waals surface area (Å²) >= 11 is 0. The number of esters is 1. The van der Waals surface area contributed by atoms with Crippen LogP contribution >= 0.6 is 0 Å². The Morgan fingerprint density at radius 3 is 2.64 bits per heavy atom. The SMILES string of the molecule is C=CCNC(=O)NC(=O)COC(=O)c1cc(-c2ccccc2)nc2c1cnn2Cc1cccc(F)c1. The fourth-order valence-electron chi connectivity index (χ4n) is 3.48. The minimum Gasteiger partial charge on any atom is -0.452 e. The molecule has 2 N–H and O–H groups in total. The van der Waals surface area contributed by atoms with Crippen molar-refractivity contribution in [1.29, 1.82) is 0 Å². The van der Waals surface area contributed by atoms with Gasteiger partial charge in [-0.2, -0.15) is 5.10 Å². The Bertz CT molecular complexity index is 1440. The molecule has 0 fully saturated rings. The number of hydrogen-bond donors (Lipinski definition) is 2. The number of carbonyl (C=O) groups is 3. The number of imide groups is 1. The van der Waals surface area contributed by atoms with Gasteiger partial charge in [-0.1, -0.05) is 48.5 Å². The molecule has 0 saturated heterocycles. The van der Waals surface area contributed by atoms with E-state index in [1.807, 2.05) is 30.3 Å². The van der Waals surface area contributed by atoms with Gasteiger partial charge in [-0.05, 0) is 23.8 Å². The number of aromatic nitrogens is 3. The van der Waals surface area contributed by atoms with E-state index in [2.05, 4.69) is 27.3 Å². The van der Waals surface area contributed by atoms with Crippen LogP contribution in [-0.4, -0.2) is 45.8 Å². The van der Waals surface area contributed by atoms with Crippen LogP contribution in [-0.2, 0) is 16.1 Å². The van der Waals surface area contributed by atoms with Crippen LogP contribution in [0.25, 0.3) is 22.3 Å². The first kappa shape index (κ1) is 24.3. The van der Waals surface area contributed by atoms with E-state index in [-0.39, 0.29) is 24.5 Å². The summed E-state index contributed by atoms with van der Waals surface area (Å²) in [7, 11) is 0. The van der Waals surface area contributed by atoms with Gasteiger partial charge >= 0.3 is 12.0 Å². The Morgan fingerprint density at radius 1 is 1.08 bits per heavy atom. The first-order valence-corrected chi connectivity index (χ1v) is 11.0. The van der Waals surface area contributed by atoms with Gasteiger partial charge in [0.15, 0.2) is 12.3 Å². The number of halogens is 1. The monoisotopic (exact) mass is 487 g/mol. The van der Waals surface area contributed by atoms with Crippen LogP contribution in [0.2, 0.25) is 0 Å². The number of pyridine rings is 1. The van der Waals surface area contributed by atoms with Crippen molar-refractivity contribution >= 4 is 28.9 Å². The number of hydrogen-bond acceptors (Lipinski definition) is 6. The van der Waals surface area contributed by atoms with Crippen molar-refractivity contribution in [3.8, 4) is 11.3 Å². The number of amides is 3. The summed E-state index contributed by atoms with van der Waals surface area (Å²) in [6.45, 7) is 3.20. The quantitative estimate of drug-likeness (QED) is 0.291. The topological polar surface area (TPSA) is 115 Å². The number of benzene rings is 2. The normalized spacial score (nSPS) is 10.6. The van der Waals surface area contributed by atoms with Crippen molar-refractivity contribution in [3.63, 3.8) is 0 Å². The third-order valence-corrected chi connectivity index (χ3v) is 5.11. The number of ether oxygens (including phenoxy) is 1. The number of rotatable bonds is 8. The maximum atomic E-state index is 13.7. The average Bonchev–Trinajstić information content (AvgIpc) is 3.28. The Morgan fingerprint density at radius 2 is 1.89 bits per heavy atom. The smallest absolute Gasteiger partial charge is 0.339 e. The molecule has 4 aromatic rings. The zero-order valence-electron chi connectivity index (χ0n) is 19.1. The first-order valence-electron chi connectivity index (χ1n) is 11.0. The van der Waals surface area contributed by atoms with Crippen molar-refractivity contribution in [3.05, 3.63) is 96.5 Å². The maximum Gasteiger partial charge on any atom is 0.339 e. The summed E-state index contributed by atoms with van der Waals surface area (Å²) in [5.41, 5.74) is 2.45. The molecule has 3 amide bonds. The van der Waals surface area contributed by atoms with Crippen LogP contribution in [0.15, 0.2) is 79.5 Å². The molecule has 4 rings (SSSR count). The molecular weight excluding hydrogens is 465 g/mol. The molecule has 2 aromatic carbocycles. The lowest BCUT2D eigenvalue weighted by atomic mass is 10.1. The van der Waals surface area contributed by atoms with E-state index < -0.39 is 24.5 Å². The highest BCUT2D eigenvalue weighted by atomic mass is 19.1. The molecule has 182 valence electrons. The third kappa shape index (κ3) is 5.79. The van der Waals surface area contributed by atoms with Crippen molar-refractivity contribution in [1.82, 2.24) is 25.4 Å². The van der Waals surface area contributed by atoms with E-state index in [1.165, 1.54) is 24.4 Å². The van der Waals surface area contributed by atoms with E-state index in [0.29, 0.717) is 22.3 Å². The molecular formula is C26H22FN5O4. The Hall–Kier alpha value is -4.86. The first-order chi connectivity index (χ1) is 17.4. The average molecular weight is 487 g/mol. The molecule has 0 bridgehead atoms. The zero-order valence-corrected chi connectivity index (χ0v) is 19.1. The minimum atomic E-state index is -0.791. The van der Waals surface area contributed by atoms with E-state index in [1.54, 1.807) is 22.9 Å². The molecule has 0 radical (unpaired) electrons. The Kier molecular flexibility index (Phi) is 7.45. The number of nitrogens with zero attached hydrogens (tertiary/aromatic N) is 3. The molecule has 2 aromatic heterocycles. The summed E-state index contributed by atoms with van der Waals surface area (Å²) < 4.78 is 20.4. The second kappa shape index (κ2) is 11.0. The van der Waals surface area contributed by atoms with E-state index >= 15 is 0 Å². The van der Waals surface area contributed by atoms with Crippen LogP contribution in [0.3, 0.4) is 0 Å². The predicted octanol–water partition coefficient (Wildman–Crippen LogP) is 3.45. The Labute approximate surface area is 205 Å². The zero-order chi connectivity index (χ0) is 25.5. The predicted molar refractivity (Wildman–Crippen MR) is 130 cm³/mol. The fourth-order valence-corrected chi connectivity index (χ4v) is 3.48. The summed E-state index contributed by atoms with van der Waals surface area (Å²) in [4.78, 5) is 41.3. The van der Waals surface area contributed by atoms with Crippen LogP contribution in [0.4, 0.5) is 9.18 Å². The van der Waals surface area contributed by atoms with Gasteiger partial charge in [0, 0.05) is 12.1 Å². The van der Waals surface area contributed by atoms with Gasteiger partial charge in [-0.15, -0.1) is 6.58 Å². The second-order valence-corrected chi connectivity index (χ2v) is 7.71. The third-order valence-electron chi connectivity index (χ3n) is 5.11. The van der Waals surface area contributed by atoms with Crippen molar-refractivity contribution in [2.75, 3.05) is 13.2 Å². The van der Waals surface area contributed by atoms with E-state index in [4.69, 9.17) is 4.74 Å². The summed E-state index contributed by atoms with van der Waals surface area (Å²) in [5.74, 6) is -1.95. The lowest BCUT2D eigenvalue weighted by molar-refractivity contribution is -0.123. The molecule has 0 aliphatic heterocycles. The molecule has 0 aliphatic rings.